The summed E-state index contributed by atoms with van der Waals surface area (Å²) in [6.07, 6.45) is 4.35. The van der Waals surface area contributed by atoms with E-state index in [0.717, 1.165) is 11.2 Å². The van der Waals surface area contributed by atoms with E-state index in [4.69, 9.17) is 0 Å². The van der Waals surface area contributed by atoms with Gasteiger partial charge in [-0.05, 0) is 23.6 Å². The van der Waals surface area contributed by atoms with E-state index in [-0.39, 0.29) is 0 Å². The van der Waals surface area contributed by atoms with Gasteiger partial charge in [0.1, 0.15) is 0 Å². The fraction of sp³-hybridized carbons (Fsp3) is 0. The number of pyridine rings is 1. The predicted octanol–water partition coefficient (Wildman–Crippen LogP) is 2.64. The van der Waals surface area contributed by atoms with Crippen LogP contribution in [-0.2, 0) is 0 Å². The number of thiophene rings is 1. The Balaban J connectivity index is 0.000000132. The van der Waals surface area contributed by atoms with Gasteiger partial charge in [-0.15, -0.1) is 11.3 Å². The summed E-state index contributed by atoms with van der Waals surface area (Å²) in [5.74, 6) is 0. The third kappa shape index (κ3) is 4.18. The largest absolute Gasteiger partial charge is 0.297 e. The molecule has 3 heteroatoms. The molecule has 0 unspecified atom stereocenters. The van der Waals surface area contributed by atoms with E-state index in [1.165, 1.54) is 11.3 Å². The molecular weight excluding hydrogens is 182 g/mol. The van der Waals surface area contributed by atoms with E-state index in [9.17, 15) is 4.79 Å². The number of nitrogens with zero attached hydrogens (tertiary/aromatic N) is 1. The lowest BCUT2D eigenvalue weighted by Crippen LogP contribution is -1.61. The van der Waals surface area contributed by atoms with E-state index < -0.39 is 0 Å². The number of aldehydes is 1. The molecule has 0 aliphatic carbocycles. The maximum atomic E-state index is 9.88. The van der Waals surface area contributed by atoms with E-state index in [2.05, 4.69) is 4.98 Å². The van der Waals surface area contributed by atoms with Crippen LogP contribution in [0.1, 0.15) is 9.67 Å². The first-order chi connectivity index (χ1) is 6.43. The molecule has 0 radical (unpaired) electrons. The quantitative estimate of drug-likeness (QED) is 0.648. The van der Waals surface area contributed by atoms with Gasteiger partial charge in [-0.1, -0.05) is 12.1 Å². The summed E-state index contributed by atoms with van der Waals surface area (Å²) >= 11 is 1.45. The van der Waals surface area contributed by atoms with Gasteiger partial charge in [0.25, 0.3) is 0 Å². The minimum absolute atomic E-state index is 0.792. The number of rotatable bonds is 1. The molecule has 0 atom stereocenters. The first-order valence-corrected chi connectivity index (χ1v) is 4.65. The molecule has 0 aliphatic heterocycles. The molecule has 2 rings (SSSR count). The highest BCUT2D eigenvalue weighted by Crippen LogP contribution is 2.03. The molecule has 66 valence electrons. The lowest BCUT2D eigenvalue weighted by molar-refractivity contribution is 0.112. The zero-order chi connectivity index (χ0) is 9.36. The van der Waals surface area contributed by atoms with Crippen LogP contribution in [0.3, 0.4) is 0 Å². The number of carbonyl (C=O) groups is 1. The average Bonchev–Trinajstić information content (AvgIpc) is 2.74. The van der Waals surface area contributed by atoms with Gasteiger partial charge in [-0.3, -0.25) is 9.78 Å². The third-order valence-electron chi connectivity index (χ3n) is 1.23. The van der Waals surface area contributed by atoms with Crippen molar-refractivity contribution in [1.29, 1.82) is 0 Å². The molecule has 2 aromatic heterocycles. The van der Waals surface area contributed by atoms with E-state index in [1.807, 2.05) is 29.6 Å². The van der Waals surface area contributed by atoms with E-state index >= 15 is 0 Å². The third-order valence-corrected chi connectivity index (χ3v) is 2.02. The second-order valence-electron chi connectivity index (χ2n) is 2.16. The Morgan fingerprint density at radius 3 is 2.15 bits per heavy atom. The number of hydrogen-bond donors (Lipinski definition) is 0. The van der Waals surface area contributed by atoms with Crippen molar-refractivity contribution < 1.29 is 4.79 Å². The van der Waals surface area contributed by atoms with Gasteiger partial charge in [0.15, 0.2) is 6.29 Å². The smallest absolute Gasteiger partial charge is 0.159 e. The molecule has 13 heavy (non-hydrogen) atoms. The second kappa shape index (κ2) is 6.08. The summed E-state index contributed by atoms with van der Waals surface area (Å²) in [6, 6.07) is 9.36. The summed E-state index contributed by atoms with van der Waals surface area (Å²) in [6.45, 7) is 0. The SMILES string of the molecule is O=Cc1cccs1.c1ccncc1. The van der Waals surface area contributed by atoms with Crippen LogP contribution in [0.25, 0.3) is 0 Å². The highest BCUT2D eigenvalue weighted by atomic mass is 32.1. The van der Waals surface area contributed by atoms with Crippen LogP contribution in [0, 0.1) is 0 Å². The highest BCUT2D eigenvalue weighted by Gasteiger charge is 1.82. The number of carbonyl (C=O) groups excluding carboxylic acids is 1. The Kier molecular flexibility index (Phi) is 4.49. The molecule has 0 bridgehead atoms. The Labute approximate surface area is 80.9 Å². The molecular formula is C10H9NOS. The van der Waals surface area contributed by atoms with Crippen molar-refractivity contribution in [2.75, 3.05) is 0 Å². The number of hydrogen-bond acceptors (Lipinski definition) is 3. The fourth-order valence-corrected chi connectivity index (χ4v) is 1.20. The lowest BCUT2D eigenvalue weighted by Gasteiger charge is -1.70. The standard InChI is InChI=1S/C5H5N.C5H4OS/c1-2-4-6-5-3-1;6-4-5-2-1-3-7-5/h1-5H;1-4H. The zero-order valence-electron chi connectivity index (χ0n) is 6.96. The van der Waals surface area contributed by atoms with Gasteiger partial charge in [0.05, 0.1) is 4.88 Å². The van der Waals surface area contributed by atoms with Crippen molar-refractivity contribution >= 4 is 17.6 Å². The molecule has 2 heterocycles. The van der Waals surface area contributed by atoms with Crippen LogP contribution in [-0.4, -0.2) is 11.3 Å². The summed E-state index contributed by atoms with van der Waals surface area (Å²) in [5, 5.41) is 1.88. The van der Waals surface area contributed by atoms with Gasteiger partial charge < -0.3 is 0 Å². The molecule has 0 amide bonds. The summed E-state index contributed by atoms with van der Waals surface area (Å²) < 4.78 is 0. The zero-order valence-corrected chi connectivity index (χ0v) is 7.78. The van der Waals surface area contributed by atoms with Gasteiger partial charge in [0.2, 0.25) is 0 Å². The first-order valence-electron chi connectivity index (χ1n) is 3.77. The van der Waals surface area contributed by atoms with Gasteiger partial charge in [0, 0.05) is 12.4 Å². The van der Waals surface area contributed by atoms with Crippen molar-refractivity contribution in [3.8, 4) is 0 Å². The minimum atomic E-state index is 0.792. The van der Waals surface area contributed by atoms with Crippen LogP contribution in [0.2, 0.25) is 0 Å². The maximum Gasteiger partial charge on any atom is 0.159 e. The van der Waals surface area contributed by atoms with Crippen molar-refractivity contribution in [2.24, 2.45) is 0 Å². The fourth-order valence-electron chi connectivity index (χ4n) is 0.671. The normalized spacial score (nSPS) is 8.31. The van der Waals surface area contributed by atoms with Gasteiger partial charge >= 0.3 is 0 Å². The lowest BCUT2D eigenvalue weighted by atomic mass is 10.5. The number of aromatic nitrogens is 1. The molecule has 2 aromatic rings. The van der Waals surface area contributed by atoms with Crippen molar-refractivity contribution in [1.82, 2.24) is 4.98 Å². The molecule has 0 aliphatic rings. The molecule has 0 fully saturated rings. The maximum absolute atomic E-state index is 9.88. The highest BCUT2D eigenvalue weighted by molar-refractivity contribution is 7.11. The van der Waals surface area contributed by atoms with Crippen LogP contribution >= 0.6 is 11.3 Å². The molecule has 0 aromatic carbocycles. The van der Waals surface area contributed by atoms with Crippen molar-refractivity contribution in [3.63, 3.8) is 0 Å². The molecule has 0 saturated carbocycles. The predicted molar refractivity (Wildman–Crippen MR) is 53.9 cm³/mol. The second-order valence-corrected chi connectivity index (χ2v) is 3.14. The molecule has 2 nitrogen and oxygen atoms in total. The average molecular weight is 191 g/mol. The monoisotopic (exact) mass is 191 g/mol. The van der Waals surface area contributed by atoms with Crippen LogP contribution in [0.5, 0.6) is 0 Å². The summed E-state index contributed by atoms with van der Waals surface area (Å²) in [4.78, 5) is 14.5. The first kappa shape index (κ1) is 9.61. The van der Waals surface area contributed by atoms with E-state index in [0.29, 0.717) is 0 Å². The Hall–Kier alpha value is -1.48. The van der Waals surface area contributed by atoms with Crippen molar-refractivity contribution in [2.45, 2.75) is 0 Å². The van der Waals surface area contributed by atoms with Crippen LogP contribution < -0.4 is 0 Å². The molecule has 0 spiro atoms. The summed E-state index contributed by atoms with van der Waals surface area (Å²) in [5.41, 5.74) is 0. The Morgan fingerprint density at radius 2 is 1.92 bits per heavy atom. The van der Waals surface area contributed by atoms with Crippen molar-refractivity contribution in [3.05, 3.63) is 53.0 Å². The van der Waals surface area contributed by atoms with E-state index in [1.54, 1.807) is 18.5 Å². The van der Waals surface area contributed by atoms with Crippen LogP contribution in [0.15, 0.2) is 48.1 Å². The summed E-state index contributed by atoms with van der Waals surface area (Å²) in [7, 11) is 0. The molecule has 0 saturated heterocycles. The molecule has 0 N–H and O–H groups in total. The minimum Gasteiger partial charge on any atom is -0.297 e. The van der Waals surface area contributed by atoms with Gasteiger partial charge in [-0.2, -0.15) is 0 Å². The topological polar surface area (TPSA) is 30.0 Å². The Bertz CT molecular complexity index is 291. The van der Waals surface area contributed by atoms with Crippen LogP contribution in [0.4, 0.5) is 0 Å². The Morgan fingerprint density at radius 1 is 1.15 bits per heavy atom. The van der Waals surface area contributed by atoms with Gasteiger partial charge in [-0.25, -0.2) is 0 Å².